The molecule has 0 bridgehead atoms. The van der Waals surface area contributed by atoms with Crippen LogP contribution in [0.15, 0.2) is 30.5 Å². The van der Waals surface area contributed by atoms with Gasteiger partial charge >= 0.3 is 5.97 Å². The molecule has 5 heteroatoms. The van der Waals surface area contributed by atoms with Crippen LogP contribution in [0.1, 0.15) is 40.8 Å². The lowest BCUT2D eigenvalue weighted by Gasteiger charge is -2.22. The van der Waals surface area contributed by atoms with E-state index in [1.807, 2.05) is 6.07 Å². The summed E-state index contributed by atoms with van der Waals surface area (Å²) < 4.78 is 6.39. The average molecular weight is 300 g/mol. The molecule has 1 N–H and O–H groups in total. The average Bonchev–Trinajstić information content (AvgIpc) is 2.98. The maximum atomic E-state index is 12.5. The molecule has 1 aliphatic rings. The zero-order valence-electron chi connectivity index (χ0n) is 12.7. The van der Waals surface area contributed by atoms with Gasteiger partial charge in [-0.1, -0.05) is 6.42 Å². The molecule has 2 aromatic rings. The van der Waals surface area contributed by atoms with Crippen molar-refractivity contribution in [1.82, 2.24) is 9.88 Å². The number of carbonyl (C=O) groups is 2. The second kappa shape index (κ2) is 6.32. The summed E-state index contributed by atoms with van der Waals surface area (Å²) in [4.78, 5) is 24.1. The quantitative estimate of drug-likeness (QED) is 0.885. The van der Waals surface area contributed by atoms with Crippen LogP contribution < -0.4 is 5.32 Å². The summed E-state index contributed by atoms with van der Waals surface area (Å²) in [6, 6.07) is 7.37. The number of benzene rings is 1. The van der Waals surface area contributed by atoms with E-state index in [0.717, 1.165) is 23.9 Å². The Labute approximate surface area is 129 Å². The normalized spacial score (nSPS) is 18.3. The molecule has 0 saturated carbocycles. The largest absolute Gasteiger partial charge is 0.465 e. The summed E-state index contributed by atoms with van der Waals surface area (Å²) >= 11 is 0. The Morgan fingerprint density at radius 1 is 1.32 bits per heavy atom. The summed E-state index contributed by atoms with van der Waals surface area (Å²) in [7, 11) is 1.36. The van der Waals surface area contributed by atoms with Crippen molar-refractivity contribution in [2.75, 3.05) is 13.7 Å². The number of nitrogens with one attached hydrogen (secondary N) is 1. The second-order valence-corrected chi connectivity index (χ2v) is 5.70. The van der Waals surface area contributed by atoms with E-state index in [-0.39, 0.29) is 17.9 Å². The van der Waals surface area contributed by atoms with Gasteiger partial charge in [-0.3, -0.25) is 9.36 Å². The molecule has 0 aliphatic carbocycles. The number of piperidine rings is 1. The van der Waals surface area contributed by atoms with Crippen LogP contribution >= 0.6 is 0 Å². The number of aromatic nitrogens is 1. The van der Waals surface area contributed by atoms with Crippen molar-refractivity contribution in [2.24, 2.45) is 0 Å². The van der Waals surface area contributed by atoms with Crippen molar-refractivity contribution in [2.45, 2.75) is 31.7 Å². The number of rotatable bonds is 3. The minimum Gasteiger partial charge on any atom is -0.465 e. The molecule has 1 aromatic carbocycles. The van der Waals surface area contributed by atoms with E-state index in [0.29, 0.717) is 12.0 Å². The van der Waals surface area contributed by atoms with Gasteiger partial charge in [0.05, 0.1) is 18.2 Å². The third-order valence-corrected chi connectivity index (χ3v) is 4.21. The number of hydrogen-bond donors (Lipinski definition) is 1. The van der Waals surface area contributed by atoms with Crippen LogP contribution in [-0.4, -0.2) is 36.1 Å². The Bertz CT molecular complexity index is 699. The van der Waals surface area contributed by atoms with Gasteiger partial charge in [0, 0.05) is 24.0 Å². The van der Waals surface area contributed by atoms with Crippen LogP contribution in [0.25, 0.3) is 10.9 Å². The first kappa shape index (κ1) is 14.8. The molecule has 5 nitrogen and oxygen atoms in total. The molecule has 1 unspecified atom stereocenters. The van der Waals surface area contributed by atoms with E-state index in [4.69, 9.17) is 4.74 Å². The number of fused-ring (bicyclic) bond motifs is 1. The predicted octanol–water partition coefficient (Wildman–Crippen LogP) is 2.60. The van der Waals surface area contributed by atoms with Crippen LogP contribution in [0.4, 0.5) is 0 Å². The molecule has 2 heterocycles. The van der Waals surface area contributed by atoms with E-state index in [9.17, 15) is 9.59 Å². The standard InChI is InChI=1S/C17H20N2O3/c1-22-17(21)13-5-6-15-12(10-13)7-9-19(15)16(20)11-14-4-2-3-8-18-14/h5-7,9-10,14,18H,2-4,8,11H2,1H3. The van der Waals surface area contributed by atoms with Gasteiger partial charge in [0.15, 0.2) is 0 Å². The summed E-state index contributed by atoms with van der Waals surface area (Å²) in [5.74, 6) is -0.285. The van der Waals surface area contributed by atoms with Gasteiger partial charge in [-0.15, -0.1) is 0 Å². The van der Waals surface area contributed by atoms with Crippen molar-refractivity contribution in [3.8, 4) is 0 Å². The minimum absolute atomic E-state index is 0.0835. The van der Waals surface area contributed by atoms with E-state index in [1.54, 1.807) is 29.0 Å². The number of esters is 1. The van der Waals surface area contributed by atoms with Crippen molar-refractivity contribution in [3.05, 3.63) is 36.0 Å². The fraction of sp³-hybridized carbons (Fsp3) is 0.412. The number of hydrogen-bond acceptors (Lipinski definition) is 4. The molecule has 116 valence electrons. The number of nitrogens with zero attached hydrogens (tertiary/aromatic N) is 1. The number of methoxy groups -OCH3 is 1. The predicted molar refractivity (Wildman–Crippen MR) is 84.2 cm³/mol. The minimum atomic E-state index is -0.368. The molecule has 0 radical (unpaired) electrons. The zero-order valence-corrected chi connectivity index (χ0v) is 12.7. The van der Waals surface area contributed by atoms with Crippen molar-refractivity contribution in [1.29, 1.82) is 0 Å². The van der Waals surface area contributed by atoms with Crippen LogP contribution in [-0.2, 0) is 4.74 Å². The number of carbonyl (C=O) groups excluding carboxylic acids is 2. The molecule has 1 saturated heterocycles. The van der Waals surface area contributed by atoms with Crippen LogP contribution in [0.3, 0.4) is 0 Å². The third-order valence-electron chi connectivity index (χ3n) is 4.21. The van der Waals surface area contributed by atoms with Gasteiger partial charge in [0.2, 0.25) is 5.91 Å². The first-order chi connectivity index (χ1) is 10.7. The Morgan fingerprint density at radius 2 is 2.18 bits per heavy atom. The van der Waals surface area contributed by atoms with Crippen LogP contribution in [0, 0.1) is 0 Å². The molecular formula is C17H20N2O3. The van der Waals surface area contributed by atoms with E-state index in [2.05, 4.69) is 5.32 Å². The monoisotopic (exact) mass is 300 g/mol. The lowest BCUT2D eigenvalue weighted by Crippen LogP contribution is -2.36. The highest BCUT2D eigenvalue weighted by Crippen LogP contribution is 2.20. The van der Waals surface area contributed by atoms with Gasteiger partial charge in [0.1, 0.15) is 0 Å². The van der Waals surface area contributed by atoms with E-state index < -0.39 is 0 Å². The molecule has 1 atom stereocenters. The Hall–Kier alpha value is -2.14. The second-order valence-electron chi connectivity index (χ2n) is 5.70. The zero-order chi connectivity index (χ0) is 15.5. The summed E-state index contributed by atoms with van der Waals surface area (Å²) in [6.45, 7) is 0.993. The lowest BCUT2D eigenvalue weighted by molar-refractivity contribution is 0.0600. The van der Waals surface area contributed by atoms with Crippen LogP contribution in [0.5, 0.6) is 0 Å². The first-order valence-corrected chi connectivity index (χ1v) is 7.65. The molecule has 1 aromatic heterocycles. The Kier molecular flexibility index (Phi) is 4.24. The summed E-state index contributed by atoms with van der Waals surface area (Å²) in [5, 5.41) is 4.26. The molecule has 0 amide bonds. The Balaban J connectivity index is 1.81. The van der Waals surface area contributed by atoms with E-state index in [1.165, 1.54) is 20.0 Å². The van der Waals surface area contributed by atoms with Crippen LogP contribution in [0.2, 0.25) is 0 Å². The van der Waals surface area contributed by atoms with Gasteiger partial charge in [0.25, 0.3) is 0 Å². The molecule has 0 spiro atoms. The summed E-state index contributed by atoms with van der Waals surface area (Å²) in [5.41, 5.74) is 1.32. The Morgan fingerprint density at radius 3 is 2.91 bits per heavy atom. The highest BCUT2D eigenvalue weighted by molar-refractivity contribution is 5.98. The first-order valence-electron chi connectivity index (χ1n) is 7.65. The highest BCUT2D eigenvalue weighted by atomic mass is 16.5. The van der Waals surface area contributed by atoms with E-state index >= 15 is 0 Å². The van der Waals surface area contributed by atoms with Gasteiger partial charge in [-0.05, 0) is 43.7 Å². The SMILES string of the molecule is COC(=O)c1ccc2c(ccn2C(=O)CC2CCCCN2)c1. The van der Waals surface area contributed by atoms with Gasteiger partial charge in [-0.2, -0.15) is 0 Å². The van der Waals surface area contributed by atoms with Crippen molar-refractivity contribution in [3.63, 3.8) is 0 Å². The topological polar surface area (TPSA) is 60.3 Å². The van der Waals surface area contributed by atoms with Gasteiger partial charge < -0.3 is 10.1 Å². The molecule has 3 rings (SSSR count). The fourth-order valence-electron chi connectivity index (χ4n) is 3.01. The summed E-state index contributed by atoms with van der Waals surface area (Å²) in [6.07, 6.45) is 5.70. The van der Waals surface area contributed by atoms with Gasteiger partial charge in [-0.25, -0.2) is 4.79 Å². The fourth-order valence-corrected chi connectivity index (χ4v) is 3.01. The smallest absolute Gasteiger partial charge is 0.337 e. The molecular weight excluding hydrogens is 280 g/mol. The molecule has 1 aliphatic heterocycles. The molecule has 1 fully saturated rings. The maximum Gasteiger partial charge on any atom is 0.337 e. The number of ether oxygens (including phenoxy) is 1. The molecule has 22 heavy (non-hydrogen) atoms. The maximum absolute atomic E-state index is 12.5. The van der Waals surface area contributed by atoms with Crippen molar-refractivity contribution < 1.29 is 14.3 Å². The highest BCUT2D eigenvalue weighted by Gasteiger charge is 2.18. The third kappa shape index (κ3) is 2.90. The van der Waals surface area contributed by atoms with Crippen molar-refractivity contribution >= 4 is 22.8 Å². The lowest BCUT2D eigenvalue weighted by atomic mass is 10.0.